The number of halogens is 3. The van der Waals surface area contributed by atoms with Gasteiger partial charge in [0.1, 0.15) is 5.01 Å². The maximum Gasteiger partial charge on any atom is 0.434 e. The molecule has 2 aromatic rings. The highest BCUT2D eigenvalue weighted by molar-refractivity contribution is 7.09. The number of nitro groups is 1. The summed E-state index contributed by atoms with van der Waals surface area (Å²) in [5.74, 6) is 0.412. The van der Waals surface area contributed by atoms with Crippen molar-refractivity contribution < 1.29 is 18.1 Å². The first-order valence-electron chi connectivity index (χ1n) is 7.56. The lowest BCUT2D eigenvalue weighted by molar-refractivity contribution is -0.384. The average molecular weight is 387 g/mol. The lowest BCUT2D eigenvalue weighted by atomic mass is 10.2. The highest BCUT2D eigenvalue weighted by Crippen LogP contribution is 2.29. The maximum atomic E-state index is 12.6. The zero-order valence-electron chi connectivity index (χ0n) is 13.7. The molecule has 0 fully saturated rings. The first-order chi connectivity index (χ1) is 12.3. The fourth-order valence-electron chi connectivity index (χ4n) is 1.92. The molecule has 2 N–H and O–H groups in total. The van der Waals surface area contributed by atoms with Crippen LogP contribution in [0.25, 0.3) is 0 Å². The van der Waals surface area contributed by atoms with Crippen molar-refractivity contribution in [1.82, 2.24) is 15.6 Å². The van der Waals surface area contributed by atoms with E-state index in [9.17, 15) is 23.3 Å². The molecule has 0 atom stereocenters. The maximum absolute atomic E-state index is 12.6. The van der Waals surface area contributed by atoms with Crippen molar-refractivity contribution in [3.05, 3.63) is 56.0 Å². The second kappa shape index (κ2) is 8.61. The second-order valence-electron chi connectivity index (χ2n) is 5.10. The quantitative estimate of drug-likeness (QED) is 0.343. The highest BCUT2D eigenvalue weighted by Gasteiger charge is 2.33. The number of guanidine groups is 1. The van der Waals surface area contributed by atoms with Gasteiger partial charge < -0.3 is 10.6 Å². The van der Waals surface area contributed by atoms with E-state index in [1.165, 1.54) is 12.1 Å². The third-order valence-corrected chi connectivity index (χ3v) is 4.01. The Hall–Kier alpha value is -2.69. The van der Waals surface area contributed by atoms with Gasteiger partial charge in [0.05, 0.1) is 18.0 Å². The molecule has 0 bridgehead atoms. The molecule has 0 aliphatic carbocycles. The van der Waals surface area contributed by atoms with Gasteiger partial charge in [0.25, 0.3) is 5.69 Å². The summed E-state index contributed by atoms with van der Waals surface area (Å²) in [6.07, 6.45) is -4.46. The number of hydrogen-bond acceptors (Lipinski definition) is 5. The minimum absolute atomic E-state index is 0.00741. The van der Waals surface area contributed by atoms with E-state index in [0.717, 1.165) is 22.3 Å². The van der Waals surface area contributed by atoms with Crippen LogP contribution in [-0.4, -0.2) is 22.4 Å². The van der Waals surface area contributed by atoms with E-state index in [1.807, 2.05) is 6.92 Å². The van der Waals surface area contributed by atoms with Crippen LogP contribution in [0.1, 0.15) is 23.2 Å². The molecule has 2 rings (SSSR count). The fraction of sp³-hybridized carbons (Fsp3) is 0.333. The molecule has 1 aromatic carbocycles. The number of benzene rings is 1. The molecular formula is C15H16F3N5O2S. The third-order valence-electron chi connectivity index (χ3n) is 3.16. The largest absolute Gasteiger partial charge is 0.434 e. The number of nitrogens with one attached hydrogen (secondary N) is 2. The first-order valence-corrected chi connectivity index (χ1v) is 8.44. The molecule has 0 aliphatic rings. The van der Waals surface area contributed by atoms with Gasteiger partial charge in [0.2, 0.25) is 0 Å². The molecule has 0 aliphatic heterocycles. The molecule has 0 saturated carbocycles. The summed E-state index contributed by atoms with van der Waals surface area (Å²) >= 11 is 0.915. The van der Waals surface area contributed by atoms with E-state index >= 15 is 0 Å². The van der Waals surface area contributed by atoms with E-state index in [4.69, 9.17) is 0 Å². The number of nitro benzene ring substituents is 1. The lowest BCUT2D eigenvalue weighted by Gasteiger charge is -2.10. The van der Waals surface area contributed by atoms with Gasteiger partial charge in [-0.2, -0.15) is 13.2 Å². The number of nitrogens with zero attached hydrogens (tertiary/aromatic N) is 3. The van der Waals surface area contributed by atoms with Crippen molar-refractivity contribution in [1.29, 1.82) is 0 Å². The van der Waals surface area contributed by atoms with Gasteiger partial charge in [-0.05, 0) is 12.5 Å². The summed E-state index contributed by atoms with van der Waals surface area (Å²) in [5.41, 5.74) is -0.152. The zero-order chi connectivity index (χ0) is 19.2. The molecule has 0 saturated heterocycles. The average Bonchev–Trinajstić information content (AvgIpc) is 3.07. The van der Waals surface area contributed by atoms with Gasteiger partial charge in [0.15, 0.2) is 11.7 Å². The number of alkyl halides is 3. The monoisotopic (exact) mass is 387 g/mol. The predicted molar refractivity (Wildman–Crippen MR) is 91.9 cm³/mol. The van der Waals surface area contributed by atoms with E-state index in [-0.39, 0.29) is 18.8 Å². The summed E-state index contributed by atoms with van der Waals surface area (Å²) in [6.45, 7) is 2.79. The molecule has 7 nitrogen and oxygen atoms in total. The molecule has 11 heteroatoms. The van der Waals surface area contributed by atoms with Gasteiger partial charge in [-0.15, -0.1) is 11.3 Å². The summed E-state index contributed by atoms with van der Waals surface area (Å²) in [4.78, 5) is 18.0. The summed E-state index contributed by atoms with van der Waals surface area (Å²) in [6, 6.07) is 5.97. The Morgan fingerprint density at radius 1 is 1.31 bits per heavy atom. The SMILES string of the molecule is CCNC(=NCc1ccc([N+](=O)[O-])cc1)NCc1nc(C(F)(F)F)cs1. The Morgan fingerprint density at radius 2 is 2.00 bits per heavy atom. The van der Waals surface area contributed by atoms with Crippen molar-refractivity contribution in [3.63, 3.8) is 0 Å². The zero-order valence-corrected chi connectivity index (χ0v) is 14.5. The van der Waals surface area contributed by atoms with Crippen molar-refractivity contribution in [2.24, 2.45) is 4.99 Å². The van der Waals surface area contributed by atoms with E-state index in [1.54, 1.807) is 12.1 Å². The third kappa shape index (κ3) is 5.69. The topological polar surface area (TPSA) is 92.5 Å². The Labute approximate surface area is 151 Å². The molecule has 0 amide bonds. The Bertz CT molecular complexity index is 774. The minimum atomic E-state index is -4.46. The van der Waals surface area contributed by atoms with Gasteiger partial charge in [0, 0.05) is 24.1 Å². The van der Waals surface area contributed by atoms with Gasteiger partial charge >= 0.3 is 6.18 Å². The molecular weight excluding hydrogens is 371 g/mol. The normalized spacial score (nSPS) is 12.1. The summed E-state index contributed by atoms with van der Waals surface area (Å²) in [7, 11) is 0. The highest BCUT2D eigenvalue weighted by atomic mass is 32.1. The molecule has 26 heavy (non-hydrogen) atoms. The predicted octanol–water partition coefficient (Wildman–Crippen LogP) is 3.33. The van der Waals surface area contributed by atoms with Crippen LogP contribution in [-0.2, 0) is 19.3 Å². The van der Waals surface area contributed by atoms with Crippen LogP contribution in [0.15, 0.2) is 34.6 Å². The van der Waals surface area contributed by atoms with Crippen LogP contribution < -0.4 is 10.6 Å². The minimum Gasteiger partial charge on any atom is -0.357 e. The molecule has 1 aromatic heterocycles. The molecule has 0 spiro atoms. The van der Waals surface area contributed by atoms with Crippen molar-refractivity contribution in [3.8, 4) is 0 Å². The number of hydrogen-bond donors (Lipinski definition) is 2. The van der Waals surface area contributed by atoms with Crippen LogP contribution in [0.4, 0.5) is 18.9 Å². The Balaban J connectivity index is 1.98. The Kier molecular flexibility index (Phi) is 6.50. The molecule has 140 valence electrons. The van der Waals surface area contributed by atoms with Crippen LogP contribution in [0.3, 0.4) is 0 Å². The lowest BCUT2D eigenvalue weighted by Crippen LogP contribution is -2.36. The van der Waals surface area contributed by atoms with Crippen molar-refractivity contribution >= 4 is 23.0 Å². The van der Waals surface area contributed by atoms with Crippen LogP contribution in [0.5, 0.6) is 0 Å². The smallest absolute Gasteiger partial charge is 0.357 e. The van der Waals surface area contributed by atoms with E-state index in [2.05, 4.69) is 20.6 Å². The van der Waals surface area contributed by atoms with E-state index in [0.29, 0.717) is 17.5 Å². The Morgan fingerprint density at radius 3 is 2.54 bits per heavy atom. The second-order valence-corrected chi connectivity index (χ2v) is 6.04. The number of aromatic nitrogens is 1. The molecule has 0 radical (unpaired) electrons. The van der Waals surface area contributed by atoms with Gasteiger partial charge in [-0.25, -0.2) is 9.98 Å². The van der Waals surface area contributed by atoms with Crippen LogP contribution in [0, 0.1) is 10.1 Å². The number of rotatable bonds is 6. The summed E-state index contributed by atoms with van der Waals surface area (Å²) < 4.78 is 37.7. The standard InChI is InChI=1S/C15H16F3N5O2S/c1-2-19-14(20-7-10-3-5-11(6-4-10)23(24)25)21-8-13-22-12(9-26-13)15(16,17)18/h3-6,9H,2,7-8H2,1H3,(H2,19,20,21). The fourth-order valence-corrected chi connectivity index (χ4v) is 2.66. The van der Waals surface area contributed by atoms with E-state index < -0.39 is 16.8 Å². The van der Waals surface area contributed by atoms with Gasteiger partial charge in [-0.3, -0.25) is 10.1 Å². The van der Waals surface area contributed by atoms with Crippen molar-refractivity contribution in [2.75, 3.05) is 6.54 Å². The number of thiazole rings is 1. The summed E-state index contributed by atoms with van der Waals surface area (Å²) in [5, 5.41) is 17.8. The van der Waals surface area contributed by atoms with Crippen LogP contribution >= 0.6 is 11.3 Å². The van der Waals surface area contributed by atoms with Crippen molar-refractivity contribution in [2.45, 2.75) is 26.2 Å². The number of aliphatic imine (C=N–C) groups is 1. The molecule has 0 unspecified atom stereocenters. The van der Waals surface area contributed by atoms with Gasteiger partial charge in [-0.1, -0.05) is 12.1 Å². The molecule has 1 heterocycles. The number of non-ortho nitro benzene ring substituents is 1. The van der Waals surface area contributed by atoms with Crippen LogP contribution in [0.2, 0.25) is 0 Å². The first kappa shape index (κ1) is 19.6.